The number of fused-ring (bicyclic) bond motifs is 2. The lowest BCUT2D eigenvalue weighted by atomic mass is 9.86. The third-order valence-corrected chi connectivity index (χ3v) is 6.32. The maximum Gasteiger partial charge on any atom is 0.226 e. The van der Waals surface area contributed by atoms with Crippen molar-refractivity contribution in [2.45, 2.75) is 19.3 Å². The zero-order chi connectivity index (χ0) is 18.5. The van der Waals surface area contributed by atoms with Crippen LogP contribution in [0, 0.1) is 6.92 Å². The molecule has 0 spiro atoms. The van der Waals surface area contributed by atoms with Gasteiger partial charge >= 0.3 is 0 Å². The number of carbonyl (C=O) groups is 1. The molecular weight excluding hydrogens is 424 g/mol. The van der Waals surface area contributed by atoms with E-state index in [1.807, 2.05) is 43.3 Å². The molecule has 5 nitrogen and oxygen atoms in total. The van der Waals surface area contributed by atoms with Crippen LogP contribution in [-0.2, 0) is 4.79 Å². The van der Waals surface area contributed by atoms with Crippen LogP contribution in [-0.4, -0.2) is 20.7 Å². The molecular formula is C20H15BrN4OS. The molecule has 134 valence electrons. The number of amides is 1. The van der Waals surface area contributed by atoms with Gasteiger partial charge in [-0.05, 0) is 36.8 Å². The number of hydrogen-bond acceptors (Lipinski definition) is 4. The monoisotopic (exact) mass is 438 g/mol. The zero-order valence-electron chi connectivity index (χ0n) is 14.4. The van der Waals surface area contributed by atoms with E-state index in [9.17, 15) is 4.79 Å². The molecule has 1 aliphatic heterocycles. The number of hydrogen-bond donors (Lipinski definition) is 1. The number of halogens is 1. The Kier molecular flexibility index (Phi) is 3.87. The molecule has 3 heterocycles. The fourth-order valence-electron chi connectivity index (χ4n) is 3.64. The summed E-state index contributed by atoms with van der Waals surface area (Å²) in [5, 5.41) is 8.51. The molecule has 0 fully saturated rings. The van der Waals surface area contributed by atoms with Crippen molar-refractivity contribution in [1.82, 2.24) is 14.8 Å². The minimum absolute atomic E-state index is 0.00487. The van der Waals surface area contributed by atoms with E-state index in [0.29, 0.717) is 6.42 Å². The van der Waals surface area contributed by atoms with Crippen molar-refractivity contribution in [3.8, 4) is 5.13 Å². The number of aryl methyl sites for hydroxylation is 1. The highest BCUT2D eigenvalue weighted by atomic mass is 79.9. The second-order valence-corrected chi connectivity index (χ2v) is 8.51. The third-order valence-electron chi connectivity index (χ3n) is 4.82. The predicted octanol–water partition coefficient (Wildman–Crippen LogP) is 5.03. The summed E-state index contributed by atoms with van der Waals surface area (Å²) in [6.07, 6.45) is 0.413. The van der Waals surface area contributed by atoms with Crippen LogP contribution in [0.15, 0.2) is 53.0 Å². The van der Waals surface area contributed by atoms with E-state index in [1.165, 1.54) is 0 Å². The lowest BCUT2D eigenvalue weighted by Crippen LogP contribution is -2.24. The molecule has 0 radical (unpaired) electrons. The number of anilines is 1. The fraction of sp³-hybridized carbons (Fsp3) is 0.150. The van der Waals surface area contributed by atoms with Gasteiger partial charge in [-0.25, -0.2) is 4.98 Å². The Bertz CT molecular complexity index is 1160. The zero-order valence-corrected chi connectivity index (χ0v) is 16.8. The van der Waals surface area contributed by atoms with Crippen molar-refractivity contribution < 1.29 is 4.79 Å². The lowest BCUT2D eigenvalue weighted by Gasteiger charge is -2.24. The van der Waals surface area contributed by atoms with Crippen LogP contribution in [0.25, 0.3) is 15.3 Å². The van der Waals surface area contributed by atoms with Crippen molar-refractivity contribution in [2.75, 3.05) is 5.32 Å². The van der Waals surface area contributed by atoms with Gasteiger partial charge in [0.25, 0.3) is 0 Å². The van der Waals surface area contributed by atoms with Crippen LogP contribution in [0.4, 0.5) is 5.82 Å². The van der Waals surface area contributed by atoms with Gasteiger partial charge in [-0.1, -0.05) is 51.5 Å². The summed E-state index contributed by atoms with van der Waals surface area (Å²) < 4.78 is 3.88. The van der Waals surface area contributed by atoms with Crippen LogP contribution < -0.4 is 5.32 Å². The fourth-order valence-corrected chi connectivity index (χ4v) is 4.99. The summed E-state index contributed by atoms with van der Waals surface area (Å²) in [5.41, 5.74) is 4.01. The molecule has 2 aromatic heterocycles. The van der Waals surface area contributed by atoms with Gasteiger partial charge in [0.1, 0.15) is 5.82 Å². The first-order valence-corrected chi connectivity index (χ1v) is 10.2. The van der Waals surface area contributed by atoms with E-state index in [2.05, 4.69) is 33.4 Å². The van der Waals surface area contributed by atoms with Crippen molar-refractivity contribution in [3.05, 3.63) is 69.8 Å². The molecule has 1 aliphatic rings. The Morgan fingerprint density at radius 3 is 2.89 bits per heavy atom. The second-order valence-electron chi connectivity index (χ2n) is 6.58. The highest BCUT2D eigenvalue weighted by Crippen LogP contribution is 2.41. The normalized spacial score (nSPS) is 16.4. The number of para-hydroxylation sites is 1. The molecule has 0 bridgehead atoms. The van der Waals surface area contributed by atoms with E-state index in [0.717, 1.165) is 42.5 Å². The summed E-state index contributed by atoms with van der Waals surface area (Å²) in [6.45, 7) is 1.99. The molecule has 1 atom stereocenters. The van der Waals surface area contributed by atoms with Crippen LogP contribution in [0.2, 0.25) is 0 Å². The SMILES string of the molecule is Cc1nn(-c2nc3ccccc3s2)c2c1[C@H](c1cccc(Br)c1)CC(=O)N2. The molecule has 2 aromatic carbocycles. The number of carbonyl (C=O) groups excluding carboxylic acids is 1. The average molecular weight is 439 g/mol. The summed E-state index contributed by atoms with van der Waals surface area (Å²) in [6, 6.07) is 16.1. The smallest absolute Gasteiger partial charge is 0.226 e. The molecule has 0 saturated heterocycles. The van der Waals surface area contributed by atoms with Crippen LogP contribution in [0.5, 0.6) is 0 Å². The highest BCUT2D eigenvalue weighted by molar-refractivity contribution is 9.10. The van der Waals surface area contributed by atoms with Gasteiger partial charge in [-0.3, -0.25) is 4.79 Å². The van der Waals surface area contributed by atoms with E-state index in [-0.39, 0.29) is 11.8 Å². The first kappa shape index (κ1) is 16.6. The molecule has 1 N–H and O–H groups in total. The Morgan fingerprint density at radius 2 is 2.07 bits per heavy atom. The average Bonchev–Trinajstić information content (AvgIpc) is 3.22. The lowest BCUT2D eigenvalue weighted by molar-refractivity contribution is -0.116. The molecule has 1 amide bonds. The Hall–Kier alpha value is -2.51. The van der Waals surface area contributed by atoms with Crippen molar-refractivity contribution in [2.24, 2.45) is 0 Å². The molecule has 0 saturated carbocycles. The summed E-state index contributed by atoms with van der Waals surface area (Å²) >= 11 is 5.10. The second kappa shape index (κ2) is 6.28. The predicted molar refractivity (Wildman–Crippen MR) is 111 cm³/mol. The van der Waals surface area contributed by atoms with E-state index < -0.39 is 0 Å². The number of thiazole rings is 1. The quantitative estimate of drug-likeness (QED) is 0.477. The molecule has 5 rings (SSSR count). The molecule has 0 aliphatic carbocycles. The van der Waals surface area contributed by atoms with Crippen LogP contribution in [0.3, 0.4) is 0 Å². The van der Waals surface area contributed by atoms with Gasteiger partial charge in [0.15, 0.2) is 0 Å². The molecule has 4 aromatic rings. The van der Waals surface area contributed by atoms with Crippen LogP contribution >= 0.6 is 27.3 Å². The van der Waals surface area contributed by atoms with Crippen molar-refractivity contribution in [1.29, 1.82) is 0 Å². The minimum Gasteiger partial charge on any atom is -0.310 e. The topological polar surface area (TPSA) is 59.8 Å². The number of nitrogens with one attached hydrogen (secondary N) is 1. The van der Waals surface area contributed by atoms with E-state index >= 15 is 0 Å². The minimum atomic E-state index is -0.0191. The number of benzene rings is 2. The molecule has 7 heteroatoms. The molecule has 27 heavy (non-hydrogen) atoms. The summed E-state index contributed by atoms with van der Waals surface area (Å²) in [7, 11) is 0. The Labute approximate surface area is 168 Å². The Morgan fingerprint density at radius 1 is 1.22 bits per heavy atom. The standard InChI is InChI=1S/C20H15BrN4OS/c1-11-18-14(12-5-4-6-13(21)9-12)10-17(26)23-19(18)25(24-11)20-22-15-7-2-3-8-16(15)27-20/h2-9,14H,10H2,1H3,(H,23,26)/t14-/m0/s1. The van der Waals surface area contributed by atoms with E-state index in [1.54, 1.807) is 16.0 Å². The van der Waals surface area contributed by atoms with Gasteiger partial charge in [-0.2, -0.15) is 9.78 Å². The maximum absolute atomic E-state index is 12.5. The maximum atomic E-state index is 12.5. The van der Waals surface area contributed by atoms with E-state index in [4.69, 9.17) is 10.1 Å². The number of rotatable bonds is 2. The first-order chi connectivity index (χ1) is 13.1. The van der Waals surface area contributed by atoms with Crippen LogP contribution in [0.1, 0.15) is 29.2 Å². The summed E-state index contributed by atoms with van der Waals surface area (Å²) in [5.74, 6) is 0.705. The third kappa shape index (κ3) is 2.78. The van der Waals surface area contributed by atoms with Gasteiger partial charge in [0.05, 0.1) is 15.9 Å². The largest absolute Gasteiger partial charge is 0.310 e. The number of aromatic nitrogens is 3. The van der Waals surface area contributed by atoms with Gasteiger partial charge in [0.2, 0.25) is 11.0 Å². The van der Waals surface area contributed by atoms with Crippen molar-refractivity contribution in [3.63, 3.8) is 0 Å². The summed E-state index contributed by atoms with van der Waals surface area (Å²) in [4.78, 5) is 17.2. The number of nitrogens with zero attached hydrogens (tertiary/aromatic N) is 3. The Balaban J connectivity index is 1.69. The first-order valence-electron chi connectivity index (χ1n) is 8.61. The van der Waals surface area contributed by atoms with Crippen molar-refractivity contribution >= 4 is 49.2 Å². The van der Waals surface area contributed by atoms with Gasteiger partial charge in [0, 0.05) is 22.4 Å². The molecule has 0 unspecified atom stereocenters. The highest BCUT2D eigenvalue weighted by Gasteiger charge is 2.33. The van der Waals surface area contributed by atoms with Gasteiger partial charge < -0.3 is 5.32 Å². The van der Waals surface area contributed by atoms with Gasteiger partial charge in [-0.15, -0.1) is 0 Å².